The summed E-state index contributed by atoms with van der Waals surface area (Å²) in [4.78, 5) is 10.0. The van der Waals surface area contributed by atoms with Crippen molar-refractivity contribution in [2.75, 3.05) is 0 Å². The number of hydrogen-bond donors (Lipinski definition) is 2. The molecule has 1 aromatic rings. The number of carbonyl (C=O) groups excluding carboxylic acids is 1. The van der Waals surface area contributed by atoms with Crippen LogP contribution < -0.4 is 11.1 Å². The van der Waals surface area contributed by atoms with Gasteiger partial charge in [-0.25, -0.2) is 4.79 Å². The van der Waals surface area contributed by atoms with Crippen molar-refractivity contribution in [3.8, 4) is 0 Å². The molecule has 0 aliphatic heterocycles. The van der Waals surface area contributed by atoms with Crippen LogP contribution in [0, 0.1) is 0 Å². The Bertz CT molecular complexity index is 448. The first-order chi connectivity index (χ1) is 10.8. The summed E-state index contributed by atoms with van der Waals surface area (Å²) in [7, 11) is 0. The minimum atomic E-state index is -0.725. The summed E-state index contributed by atoms with van der Waals surface area (Å²) in [5.41, 5.74) is 5.67. The van der Waals surface area contributed by atoms with Crippen molar-refractivity contribution in [1.29, 1.82) is 0 Å². The van der Waals surface area contributed by atoms with E-state index >= 15 is 0 Å². The zero-order valence-corrected chi connectivity index (χ0v) is 15.0. The fourth-order valence-corrected chi connectivity index (χ4v) is 2.76. The molecule has 4 heteroatoms. The van der Waals surface area contributed by atoms with Gasteiger partial charge in [0.15, 0.2) is 0 Å². The summed E-state index contributed by atoms with van der Waals surface area (Å²) in [6.45, 7) is 7.55. The average molecular weight is 320 g/mol. The van der Waals surface area contributed by atoms with Gasteiger partial charge in [0.1, 0.15) is 5.60 Å². The Morgan fingerprint density at radius 1 is 1.17 bits per heavy atom. The Morgan fingerprint density at radius 2 is 1.74 bits per heavy atom. The van der Waals surface area contributed by atoms with Crippen molar-refractivity contribution in [3.63, 3.8) is 0 Å². The third-order valence-corrected chi connectivity index (χ3v) is 3.80. The van der Waals surface area contributed by atoms with Crippen LogP contribution in [-0.2, 0) is 4.74 Å². The molecule has 0 spiro atoms. The maximum absolute atomic E-state index is 10.0. The van der Waals surface area contributed by atoms with Crippen LogP contribution in [0.5, 0.6) is 0 Å². The third kappa shape index (κ3) is 9.24. The molecular formula is C19H32N2O2. The predicted molar refractivity (Wildman–Crippen MR) is 95.3 cm³/mol. The van der Waals surface area contributed by atoms with Crippen molar-refractivity contribution in [3.05, 3.63) is 35.9 Å². The summed E-state index contributed by atoms with van der Waals surface area (Å²) in [6.07, 6.45) is 6.22. The van der Waals surface area contributed by atoms with Crippen LogP contribution in [0.4, 0.5) is 4.79 Å². The van der Waals surface area contributed by atoms with Crippen molar-refractivity contribution >= 4 is 6.09 Å². The fraction of sp³-hybridized carbons (Fsp3) is 0.632. The molecule has 1 saturated carbocycles. The van der Waals surface area contributed by atoms with Crippen LogP contribution in [0.1, 0.15) is 71.4 Å². The largest absolute Gasteiger partial charge is 0.444 e. The Hall–Kier alpha value is -1.55. The van der Waals surface area contributed by atoms with Gasteiger partial charge in [-0.2, -0.15) is 0 Å². The number of nitrogens with one attached hydrogen (secondary N) is 1. The highest BCUT2D eigenvalue weighted by atomic mass is 16.6. The molecule has 1 aliphatic rings. The van der Waals surface area contributed by atoms with Gasteiger partial charge >= 0.3 is 6.09 Å². The summed E-state index contributed by atoms with van der Waals surface area (Å²) < 4.78 is 4.58. The van der Waals surface area contributed by atoms with E-state index in [0.29, 0.717) is 6.04 Å². The first kappa shape index (κ1) is 19.5. The molecule has 3 N–H and O–H groups in total. The molecule has 1 fully saturated rings. The van der Waals surface area contributed by atoms with Crippen molar-refractivity contribution in [2.45, 2.75) is 77.5 Å². The van der Waals surface area contributed by atoms with Gasteiger partial charge in [0, 0.05) is 12.1 Å². The zero-order valence-electron chi connectivity index (χ0n) is 15.0. The normalized spacial score (nSPS) is 16.9. The van der Waals surface area contributed by atoms with Crippen LogP contribution in [0.15, 0.2) is 30.3 Å². The molecule has 0 saturated heterocycles. The minimum Gasteiger partial charge on any atom is -0.444 e. The molecule has 23 heavy (non-hydrogen) atoms. The topological polar surface area (TPSA) is 64.3 Å². The second-order valence-corrected chi connectivity index (χ2v) is 7.17. The Balaban J connectivity index is 0.000000284. The van der Waals surface area contributed by atoms with Gasteiger partial charge in [0.2, 0.25) is 0 Å². The highest BCUT2D eigenvalue weighted by Gasteiger charge is 2.15. The van der Waals surface area contributed by atoms with Gasteiger partial charge < -0.3 is 15.8 Å². The van der Waals surface area contributed by atoms with E-state index in [9.17, 15) is 4.79 Å². The molecule has 1 unspecified atom stereocenters. The summed E-state index contributed by atoms with van der Waals surface area (Å²) >= 11 is 0. The van der Waals surface area contributed by atoms with E-state index in [4.69, 9.17) is 5.73 Å². The van der Waals surface area contributed by atoms with Crippen LogP contribution in [0.25, 0.3) is 0 Å². The molecule has 0 heterocycles. The maximum atomic E-state index is 10.0. The number of primary amides is 1. The Morgan fingerprint density at radius 3 is 2.17 bits per heavy atom. The first-order valence-corrected chi connectivity index (χ1v) is 8.57. The van der Waals surface area contributed by atoms with E-state index in [-0.39, 0.29) is 0 Å². The molecule has 1 aliphatic carbocycles. The lowest BCUT2D eigenvalue weighted by atomic mass is 9.94. The lowest BCUT2D eigenvalue weighted by molar-refractivity contribution is 0.0600. The molecule has 1 amide bonds. The number of ether oxygens (including phenoxy) is 1. The minimum absolute atomic E-state index is 0.453. The first-order valence-electron chi connectivity index (χ1n) is 8.57. The second-order valence-electron chi connectivity index (χ2n) is 7.17. The van der Waals surface area contributed by atoms with Gasteiger partial charge in [0.05, 0.1) is 0 Å². The number of amides is 1. The molecule has 2 rings (SSSR count). The number of nitrogens with two attached hydrogens (primary N) is 1. The Labute approximate surface area is 140 Å². The van der Waals surface area contributed by atoms with Gasteiger partial charge in [-0.1, -0.05) is 49.6 Å². The quantitative estimate of drug-likeness (QED) is 0.858. The van der Waals surface area contributed by atoms with Crippen molar-refractivity contribution in [1.82, 2.24) is 5.32 Å². The van der Waals surface area contributed by atoms with Crippen molar-refractivity contribution < 1.29 is 9.53 Å². The molecule has 1 aromatic carbocycles. The average Bonchev–Trinajstić information content (AvgIpc) is 2.47. The predicted octanol–water partition coefficient (Wildman–Crippen LogP) is 4.55. The SMILES string of the molecule is CC(C)(C)OC(N)=O.CC(NC1CCCCC1)c1ccccc1. The van der Waals surface area contributed by atoms with Gasteiger partial charge in [0.25, 0.3) is 0 Å². The van der Waals surface area contributed by atoms with Crippen LogP contribution in [0.3, 0.4) is 0 Å². The fourth-order valence-electron chi connectivity index (χ4n) is 2.76. The molecule has 0 aromatic heterocycles. The number of carbonyl (C=O) groups is 1. The van der Waals surface area contributed by atoms with Crippen LogP contribution in [0.2, 0.25) is 0 Å². The highest BCUT2D eigenvalue weighted by Crippen LogP contribution is 2.21. The molecule has 0 radical (unpaired) electrons. The molecule has 130 valence electrons. The van der Waals surface area contributed by atoms with E-state index < -0.39 is 11.7 Å². The molecule has 0 bridgehead atoms. The second kappa shape index (κ2) is 9.56. The van der Waals surface area contributed by atoms with Crippen molar-refractivity contribution in [2.24, 2.45) is 5.73 Å². The Kier molecular flexibility index (Phi) is 8.10. The third-order valence-electron chi connectivity index (χ3n) is 3.80. The summed E-state index contributed by atoms with van der Waals surface area (Å²) in [5.74, 6) is 0. The lowest BCUT2D eigenvalue weighted by Crippen LogP contribution is -2.33. The van der Waals surface area contributed by atoms with E-state index in [1.54, 1.807) is 20.8 Å². The maximum Gasteiger partial charge on any atom is 0.405 e. The van der Waals surface area contributed by atoms with E-state index in [0.717, 1.165) is 6.04 Å². The van der Waals surface area contributed by atoms with Gasteiger partial charge in [-0.05, 0) is 46.1 Å². The zero-order chi connectivity index (χ0) is 17.3. The van der Waals surface area contributed by atoms with Gasteiger partial charge in [-0.15, -0.1) is 0 Å². The smallest absolute Gasteiger partial charge is 0.405 e. The molecule has 4 nitrogen and oxygen atoms in total. The van der Waals surface area contributed by atoms with Gasteiger partial charge in [-0.3, -0.25) is 0 Å². The standard InChI is InChI=1S/C14H21N.C5H11NO2/c1-12(13-8-4-2-5-9-13)15-14-10-6-3-7-11-14;1-5(2,3)8-4(6)7/h2,4-5,8-9,12,14-15H,3,6-7,10-11H2,1H3;1-3H3,(H2,6,7). The highest BCUT2D eigenvalue weighted by molar-refractivity contribution is 5.65. The summed E-state index contributed by atoms with van der Waals surface area (Å²) in [6, 6.07) is 12.0. The summed E-state index contributed by atoms with van der Waals surface area (Å²) in [5, 5.41) is 3.74. The lowest BCUT2D eigenvalue weighted by Gasteiger charge is -2.26. The van der Waals surface area contributed by atoms with E-state index in [1.807, 2.05) is 0 Å². The molecule has 1 atom stereocenters. The number of rotatable bonds is 3. The van der Waals surface area contributed by atoms with Crippen LogP contribution >= 0.6 is 0 Å². The van der Waals surface area contributed by atoms with E-state index in [1.165, 1.54) is 37.7 Å². The van der Waals surface area contributed by atoms with Crippen LogP contribution in [-0.4, -0.2) is 17.7 Å². The molecular weight excluding hydrogens is 288 g/mol. The number of hydrogen-bond acceptors (Lipinski definition) is 3. The monoisotopic (exact) mass is 320 g/mol. The number of benzene rings is 1. The van der Waals surface area contributed by atoms with E-state index in [2.05, 4.69) is 47.3 Å².